The standard InChI is InChI=1S/C32H34BrN5O2S/c1-19-16-24(20(2)37(19)22-11-9-10-21(33)17-22)29-28(26-12-7-8-15-34-26)36-31(41)38(29)23-13-14-25(27(18-23)40-6)35-30(39)32(3,4)5/h7-18,28-29H,1-6H3,(H,35,39)(H,36,41)/t28-,29+/m0/s1. The van der Waals surface area contributed by atoms with Crippen LogP contribution in [0.3, 0.4) is 0 Å². The Morgan fingerprint density at radius 2 is 1.83 bits per heavy atom. The Morgan fingerprint density at radius 3 is 2.49 bits per heavy atom. The van der Waals surface area contributed by atoms with E-state index >= 15 is 0 Å². The van der Waals surface area contributed by atoms with Gasteiger partial charge in [0, 0.05) is 44.9 Å². The van der Waals surface area contributed by atoms with Crippen LogP contribution < -0.4 is 20.3 Å². The van der Waals surface area contributed by atoms with Gasteiger partial charge < -0.3 is 24.8 Å². The van der Waals surface area contributed by atoms with Crippen molar-refractivity contribution in [1.82, 2.24) is 14.9 Å². The highest BCUT2D eigenvalue weighted by Crippen LogP contribution is 2.45. The molecule has 212 valence electrons. The van der Waals surface area contributed by atoms with E-state index < -0.39 is 5.41 Å². The number of carbonyl (C=O) groups excluding carboxylic acids is 1. The maximum absolute atomic E-state index is 12.7. The minimum absolute atomic E-state index is 0.0880. The van der Waals surface area contributed by atoms with Gasteiger partial charge >= 0.3 is 0 Å². The SMILES string of the molecule is COc1cc(N2C(=S)N[C@@H](c3ccccn3)[C@H]2c2cc(C)n(-c3cccc(Br)c3)c2C)ccc1NC(=O)C(C)(C)C. The van der Waals surface area contributed by atoms with Crippen LogP contribution in [0.4, 0.5) is 11.4 Å². The predicted molar refractivity (Wildman–Crippen MR) is 172 cm³/mol. The highest BCUT2D eigenvalue weighted by molar-refractivity contribution is 9.10. The molecule has 1 saturated heterocycles. The van der Waals surface area contributed by atoms with E-state index in [0.717, 1.165) is 38.5 Å². The molecule has 0 saturated carbocycles. The van der Waals surface area contributed by atoms with E-state index in [-0.39, 0.29) is 18.0 Å². The van der Waals surface area contributed by atoms with Gasteiger partial charge in [-0.2, -0.15) is 0 Å². The van der Waals surface area contributed by atoms with Crippen LogP contribution in [0.2, 0.25) is 0 Å². The number of carbonyl (C=O) groups is 1. The lowest BCUT2D eigenvalue weighted by Crippen LogP contribution is -2.30. The lowest BCUT2D eigenvalue weighted by Gasteiger charge is -2.29. The van der Waals surface area contributed by atoms with E-state index in [0.29, 0.717) is 16.5 Å². The van der Waals surface area contributed by atoms with Gasteiger partial charge in [0.05, 0.1) is 30.6 Å². The number of hydrogen-bond acceptors (Lipinski definition) is 4. The van der Waals surface area contributed by atoms with Crippen molar-refractivity contribution in [3.05, 3.63) is 100 Å². The summed E-state index contributed by atoms with van der Waals surface area (Å²) < 4.78 is 9.02. The molecular formula is C32H34BrN5O2S. The van der Waals surface area contributed by atoms with Crippen LogP contribution in [0.5, 0.6) is 5.75 Å². The van der Waals surface area contributed by atoms with Gasteiger partial charge in [-0.3, -0.25) is 9.78 Å². The summed E-state index contributed by atoms with van der Waals surface area (Å²) in [6.45, 7) is 9.90. The molecule has 4 aromatic rings. The summed E-state index contributed by atoms with van der Waals surface area (Å²) >= 11 is 9.58. The monoisotopic (exact) mass is 631 g/mol. The molecule has 1 aliphatic heterocycles. The van der Waals surface area contributed by atoms with Crippen molar-refractivity contribution in [3.63, 3.8) is 0 Å². The highest BCUT2D eigenvalue weighted by atomic mass is 79.9. The van der Waals surface area contributed by atoms with Crippen molar-refractivity contribution in [2.75, 3.05) is 17.3 Å². The summed E-state index contributed by atoms with van der Waals surface area (Å²) in [6.07, 6.45) is 1.81. The van der Waals surface area contributed by atoms with Crippen molar-refractivity contribution < 1.29 is 9.53 Å². The normalized spacial score (nSPS) is 17.0. The third-order valence-corrected chi connectivity index (χ3v) is 8.15. The molecule has 0 aliphatic carbocycles. The van der Waals surface area contributed by atoms with Crippen LogP contribution in [0.1, 0.15) is 55.5 Å². The first-order valence-electron chi connectivity index (χ1n) is 13.4. The van der Waals surface area contributed by atoms with E-state index in [1.54, 1.807) is 13.3 Å². The quantitative estimate of drug-likeness (QED) is 0.216. The van der Waals surface area contributed by atoms with Gasteiger partial charge in [0.15, 0.2) is 5.11 Å². The van der Waals surface area contributed by atoms with Crippen molar-refractivity contribution in [3.8, 4) is 11.4 Å². The average Bonchev–Trinajstić information content (AvgIpc) is 3.43. The molecule has 3 heterocycles. The Labute approximate surface area is 255 Å². The summed E-state index contributed by atoms with van der Waals surface area (Å²) in [5, 5.41) is 7.14. The number of amides is 1. The number of benzene rings is 2. The first kappa shape index (κ1) is 28.8. The number of anilines is 2. The largest absolute Gasteiger partial charge is 0.494 e. The maximum Gasteiger partial charge on any atom is 0.229 e. The zero-order valence-corrected chi connectivity index (χ0v) is 26.4. The fourth-order valence-electron chi connectivity index (χ4n) is 5.29. The first-order valence-corrected chi connectivity index (χ1v) is 14.6. The van der Waals surface area contributed by atoms with Gasteiger partial charge in [0.1, 0.15) is 5.75 Å². The Kier molecular flexibility index (Phi) is 7.94. The fourth-order valence-corrected chi connectivity index (χ4v) is 6.02. The second kappa shape index (κ2) is 11.3. The molecule has 2 atom stereocenters. The third kappa shape index (κ3) is 5.61. The number of pyridine rings is 1. The Hall–Kier alpha value is -3.69. The second-order valence-electron chi connectivity index (χ2n) is 11.2. The Morgan fingerprint density at radius 1 is 1.05 bits per heavy atom. The molecule has 0 unspecified atom stereocenters. The van der Waals surface area contributed by atoms with Crippen LogP contribution in [0.15, 0.2) is 77.4 Å². The molecule has 0 bridgehead atoms. The summed E-state index contributed by atoms with van der Waals surface area (Å²) in [5.74, 6) is 0.470. The lowest BCUT2D eigenvalue weighted by atomic mass is 9.95. The van der Waals surface area contributed by atoms with Crippen LogP contribution >= 0.6 is 28.1 Å². The number of aromatic nitrogens is 2. The summed E-state index contributed by atoms with van der Waals surface area (Å²) in [5.41, 5.74) is 6.27. The predicted octanol–water partition coefficient (Wildman–Crippen LogP) is 7.42. The minimum Gasteiger partial charge on any atom is -0.494 e. The van der Waals surface area contributed by atoms with Gasteiger partial charge in [0.25, 0.3) is 0 Å². The summed E-state index contributed by atoms with van der Waals surface area (Å²) in [4.78, 5) is 19.5. The topological polar surface area (TPSA) is 71.4 Å². The third-order valence-electron chi connectivity index (χ3n) is 7.35. The van der Waals surface area contributed by atoms with Crippen LogP contribution in [0.25, 0.3) is 5.69 Å². The second-order valence-corrected chi connectivity index (χ2v) is 12.5. The van der Waals surface area contributed by atoms with Gasteiger partial charge in [0.2, 0.25) is 5.91 Å². The molecule has 1 aliphatic rings. The molecular weight excluding hydrogens is 598 g/mol. The van der Waals surface area contributed by atoms with E-state index in [2.05, 4.69) is 68.1 Å². The Balaban J connectivity index is 1.63. The van der Waals surface area contributed by atoms with E-state index in [9.17, 15) is 4.79 Å². The van der Waals surface area contributed by atoms with Gasteiger partial charge in [-0.05, 0) is 80.2 Å². The molecule has 0 spiro atoms. The first-order chi connectivity index (χ1) is 19.5. The molecule has 2 aromatic heterocycles. The van der Waals surface area contributed by atoms with E-state index in [1.165, 1.54) is 0 Å². The number of hydrogen-bond donors (Lipinski definition) is 2. The van der Waals surface area contributed by atoms with Crippen molar-refractivity contribution in [1.29, 1.82) is 0 Å². The van der Waals surface area contributed by atoms with Gasteiger partial charge in [-0.1, -0.05) is 48.8 Å². The number of nitrogens with zero attached hydrogens (tertiary/aromatic N) is 3. The molecule has 41 heavy (non-hydrogen) atoms. The Bertz CT molecular complexity index is 1610. The molecule has 1 fully saturated rings. The molecule has 7 nitrogen and oxygen atoms in total. The smallest absolute Gasteiger partial charge is 0.229 e. The fraction of sp³-hybridized carbons (Fsp3) is 0.281. The molecule has 2 aromatic carbocycles. The zero-order chi connectivity index (χ0) is 29.5. The van der Waals surface area contributed by atoms with Crippen molar-refractivity contribution in [2.24, 2.45) is 5.41 Å². The lowest BCUT2D eigenvalue weighted by molar-refractivity contribution is -0.123. The van der Waals surface area contributed by atoms with Crippen LogP contribution in [0, 0.1) is 19.3 Å². The molecule has 5 rings (SSSR count). The summed E-state index contributed by atoms with van der Waals surface area (Å²) in [6, 6.07) is 21.8. The summed E-state index contributed by atoms with van der Waals surface area (Å²) in [7, 11) is 1.60. The average molecular weight is 633 g/mol. The molecule has 0 radical (unpaired) electrons. The number of aryl methyl sites for hydroxylation is 1. The molecule has 9 heteroatoms. The number of nitrogens with one attached hydrogen (secondary N) is 2. The minimum atomic E-state index is -0.540. The number of methoxy groups -OCH3 is 1. The van der Waals surface area contributed by atoms with Crippen molar-refractivity contribution >= 4 is 50.5 Å². The van der Waals surface area contributed by atoms with E-state index in [1.807, 2.05) is 69.3 Å². The van der Waals surface area contributed by atoms with Crippen LogP contribution in [-0.2, 0) is 4.79 Å². The molecule has 1 amide bonds. The van der Waals surface area contributed by atoms with Crippen LogP contribution in [-0.4, -0.2) is 27.7 Å². The van der Waals surface area contributed by atoms with Crippen molar-refractivity contribution in [2.45, 2.75) is 46.7 Å². The maximum atomic E-state index is 12.7. The number of thiocarbonyl (C=S) groups is 1. The van der Waals surface area contributed by atoms with Gasteiger partial charge in [-0.15, -0.1) is 0 Å². The van der Waals surface area contributed by atoms with E-state index in [4.69, 9.17) is 21.9 Å². The number of rotatable bonds is 6. The number of ether oxygens (including phenoxy) is 1. The highest BCUT2D eigenvalue weighted by Gasteiger charge is 2.42. The number of halogens is 1. The molecule has 2 N–H and O–H groups in total. The zero-order valence-electron chi connectivity index (χ0n) is 24.0. The van der Waals surface area contributed by atoms with Gasteiger partial charge in [-0.25, -0.2) is 0 Å².